The molecule has 0 radical (unpaired) electrons. The Morgan fingerprint density at radius 3 is 2.39 bits per heavy atom. The van der Waals surface area contributed by atoms with Gasteiger partial charge >= 0.3 is 18.0 Å². The van der Waals surface area contributed by atoms with Crippen LogP contribution in [0, 0.1) is 6.92 Å². The highest BCUT2D eigenvalue weighted by Crippen LogP contribution is 2.31. The van der Waals surface area contributed by atoms with Gasteiger partial charge < -0.3 is 35.6 Å². The SMILES string of the molecule is COc1cccc(CC(=O)C(Oc2ccc(C(=O)O)c(C(=O)O)c2)C2CCCN2)c1NC(=O)Nc1ccccc1C. The second kappa shape index (κ2) is 13.0. The summed E-state index contributed by atoms with van der Waals surface area (Å²) < 4.78 is 11.5. The zero-order valence-electron chi connectivity index (χ0n) is 22.6. The lowest BCUT2D eigenvalue weighted by Gasteiger charge is -2.25. The molecular weight excluding hydrogens is 530 g/mol. The average molecular weight is 562 g/mol. The van der Waals surface area contributed by atoms with E-state index in [0.717, 1.165) is 24.1 Å². The molecule has 0 aromatic heterocycles. The van der Waals surface area contributed by atoms with E-state index in [2.05, 4.69) is 16.0 Å². The molecule has 2 unspecified atom stereocenters. The van der Waals surface area contributed by atoms with Gasteiger partial charge in [-0.2, -0.15) is 0 Å². The molecule has 11 heteroatoms. The summed E-state index contributed by atoms with van der Waals surface area (Å²) in [5, 5.41) is 27.7. The van der Waals surface area contributed by atoms with Crippen molar-refractivity contribution in [1.82, 2.24) is 5.32 Å². The van der Waals surface area contributed by atoms with Gasteiger partial charge in [0.05, 0.1) is 30.0 Å². The van der Waals surface area contributed by atoms with E-state index < -0.39 is 29.6 Å². The standard InChI is InChI=1S/C30H31N3O8/c1-17-7-3-4-9-22(17)32-30(39)33-26-18(8-5-11-25(26)40-2)15-24(34)27(23-10-6-14-31-23)41-19-12-13-20(28(35)36)21(16-19)29(37)38/h3-5,7-9,11-13,16,23,27,31H,6,10,14-15H2,1-2H3,(H,35,36)(H,37,38)(H2,32,33,39). The number of Topliss-reactive ketones (excluding diaryl/α,β-unsaturated/α-hetero) is 1. The van der Waals surface area contributed by atoms with Crippen molar-refractivity contribution in [3.8, 4) is 11.5 Å². The molecule has 1 saturated heterocycles. The summed E-state index contributed by atoms with van der Waals surface area (Å²) in [7, 11) is 1.46. The van der Waals surface area contributed by atoms with Gasteiger partial charge in [-0.3, -0.25) is 4.79 Å². The number of ketones is 1. The topological polar surface area (TPSA) is 163 Å². The van der Waals surface area contributed by atoms with Crippen LogP contribution < -0.4 is 25.4 Å². The zero-order chi connectivity index (χ0) is 29.5. The number of rotatable bonds is 11. The highest BCUT2D eigenvalue weighted by molar-refractivity contribution is 6.03. The van der Waals surface area contributed by atoms with E-state index >= 15 is 0 Å². The third kappa shape index (κ3) is 7.00. The highest BCUT2D eigenvalue weighted by Gasteiger charge is 2.33. The number of nitrogens with one attached hydrogen (secondary N) is 3. The smallest absolute Gasteiger partial charge is 0.336 e. The van der Waals surface area contributed by atoms with Gasteiger partial charge in [0.1, 0.15) is 11.5 Å². The van der Waals surface area contributed by atoms with E-state index in [1.807, 2.05) is 25.1 Å². The van der Waals surface area contributed by atoms with E-state index in [-0.39, 0.29) is 29.6 Å². The predicted molar refractivity (Wildman–Crippen MR) is 151 cm³/mol. The van der Waals surface area contributed by atoms with Gasteiger partial charge in [0.2, 0.25) is 0 Å². The summed E-state index contributed by atoms with van der Waals surface area (Å²) in [4.78, 5) is 49.7. The van der Waals surface area contributed by atoms with Crippen molar-refractivity contribution in [2.45, 2.75) is 38.3 Å². The van der Waals surface area contributed by atoms with Crippen LogP contribution in [0.2, 0.25) is 0 Å². The molecule has 1 heterocycles. The van der Waals surface area contributed by atoms with E-state index in [0.29, 0.717) is 35.7 Å². The van der Waals surface area contributed by atoms with E-state index in [1.54, 1.807) is 24.3 Å². The van der Waals surface area contributed by atoms with E-state index in [9.17, 15) is 29.4 Å². The molecule has 0 aliphatic carbocycles. The normalized spacial score (nSPS) is 15.0. The molecule has 0 spiro atoms. The number of methoxy groups -OCH3 is 1. The van der Waals surface area contributed by atoms with Crippen molar-refractivity contribution in [3.63, 3.8) is 0 Å². The number of carboxylic acids is 2. The molecule has 41 heavy (non-hydrogen) atoms. The van der Waals surface area contributed by atoms with Crippen molar-refractivity contribution in [2.75, 3.05) is 24.3 Å². The van der Waals surface area contributed by atoms with Crippen molar-refractivity contribution in [3.05, 3.63) is 82.9 Å². The molecule has 5 N–H and O–H groups in total. The molecule has 4 rings (SSSR count). The van der Waals surface area contributed by atoms with Crippen molar-refractivity contribution in [1.29, 1.82) is 0 Å². The van der Waals surface area contributed by atoms with E-state index in [1.165, 1.54) is 13.2 Å². The quantitative estimate of drug-likeness (QED) is 0.229. The van der Waals surface area contributed by atoms with Crippen LogP contribution in [0.4, 0.5) is 16.2 Å². The van der Waals surface area contributed by atoms with Crippen molar-refractivity contribution < 1.29 is 38.9 Å². The summed E-state index contributed by atoms with van der Waals surface area (Å²) in [5.41, 5.74) is 1.50. The number of carbonyl (C=O) groups excluding carboxylic acids is 2. The van der Waals surface area contributed by atoms with Crippen LogP contribution in [-0.2, 0) is 11.2 Å². The Morgan fingerprint density at radius 2 is 1.73 bits per heavy atom. The number of carboxylic acid groups (broad SMARTS) is 2. The Morgan fingerprint density at radius 1 is 0.976 bits per heavy atom. The van der Waals surface area contributed by atoms with Gasteiger partial charge in [-0.1, -0.05) is 30.3 Å². The first-order valence-corrected chi connectivity index (χ1v) is 13.0. The minimum atomic E-state index is -1.43. The number of para-hydroxylation sites is 2. The lowest BCUT2D eigenvalue weighted by molar-refractivity contribution is -0.126. The van der Waals surface area contributed by atoms with Crippen LogP contribution in [0.25, 0.3) is 0 Å². The lowest BCUT2D eigenvalue weighted by Crippen LogP contribution is -2.45. The van der Waals surface area contributed by atoms with Crippen LogP contribution in [-0.4, -0.2) is 59.8 Å². The lowest BCUT2D eigenvalue weighted by atomic mass is 9.97. The summed E-state index contributed by atoms with van der Waals surface area (Å²) in [6.45, 7) is 2.55. The maximum atomic E-state index is 13.7. The van der Waals surface area contributed by atoms with Crippen LogP contribution in [0.3, 0.4) is 0 Å². The summed E-state index contributed by atoms with van der Waals surface area (Å²) in [6.07, 6.45) is 0.340. The minimum Gasteiger partial charge on any atom is -0.495 e. The van der Waals surface area contributed by atoms with Gasteiger partial charge in [0.25, 0.3) is 0 Å². The zero-order valence-corrected chi connectivity index (χ0v) is 22.6. The second-order valence-electron chi connectivity index (χ2n) is 9.59. The molecule has 11 nitrogen and oxygen atoms in total. The number of hydrogen-bond donors (Lipinski definition) is 5. The Bertz CT molecular complexity index is 1470. The number of benzene rings is 3. The first-order valence-electron chi connectivity index (χ1n) is 13.0. The van der Waals surface area contributed by atoms with Gasteiger partial charge in [-0.15, -0.1) is 0 Å². The van der Waals surface area contributed by atoms with Crippen LogP contribution >= 0.6 is 0 Å². The molecule has 0 bridgehead atoms. The molecule has 3 aromatic rings. The molecule has 0 saturated carbocycles. The van der Waals surface area contributed by atoms with Crippen molar-refractivity contribution >= 4 is 35.1 Å². The van der Waals surface area contributed by atoms with Gasteiger partial charge in [-0.05, 0) is 67.8 Å². The largest absolute Gasteiger partial charge is 0.495 e. The number of aryl methyl sites for hydroxylation is 1. The molecule has 1 fully saturated rings. The number of aromatic carboxylic acids is 2. The highest BCUT2D eigenvalue weighted by atomic mass is 16.5. The maximum Gasteiger partial charge on any atom is 0.336 e. The molecule has 214 valence electrons. The first kappa shape index (κ1) is 29.1. The molecule has 2 amide bonds. The third-order valence-electron chi connectivity index (χ3n) is 6.83. The number of anilines is 2. The molecular formula is C30H31N3O8. The number of ether oxygens (including phenoxy) is 2. The van der Waals surface area contributed by atoms with Crippen LogP contribution in [0.15, 0.2) is 60.7 Å². The van der Waals surface area contributed by atoms with Gasteiger partial charge in [0, 0.05) is 12.1 Å². The third-order valence-corrected chi connectivity index (χ3v) is 6.83. The Hall–Kier alpha value is -4.90. The summed E-state index contributed by atoms with van der Waals surface area (Å²) in [5.74, 6) is -2.71. The van der Waals surface area contributed by atoms with Gasteiger partial charge in [-0.25, -0.2) is 14.4 Å². The Kier molecular flexibility index (Phi) is 9.20. The fourth-order valence-electron chi connectivity index (χ4n) is 4.75. The number of hydrogen-bond acceptors (Lipinski definition) is 7. The van der Waals surface area contributed by atoms with E-state index in [4.69, 9.17) is 9.47 Å². The Labute approximate surface area is 236 Å². The van der Waals surface area contributed by atoms with Crippen LogP contribution in [0.5, 0.6) is 11.5 Å². The second-order valence-corrected chi connectivity index (χ2v) is 9.59. The number of carbonyl (C=O) groups is 4. The monoisotopic (exact) mass is 561 g/mol. The predicted octanol–water partition coefficient (Wildman–Crippen LogP) is 4.36. The molecule has 1 aliphatic rings. The fourth-order valence-corrected chi connectivity index (χ4v) is 4.75. The number of urea groups is 1. The first-order chi connectivity index (χ1) is 19.7. The Balaban J connectivity index is 1.59. The summed E-state index contributed by atoms with van der Waals surface area (Å²) >= 11 is 0. The van der Waals surface area contributed by atoms with Gasteiger partial charge in [0.15, 0.2) is 11.9 Å². The van der Waals surface area contributed by atoms with Crippen molar-refractivity contribution in [2.24, 2.45) is 0 Å². The van der Waals surface area contributed by atoms with Crippen LogP contribution in [0.1, 0.15) is 44.7 Å². The number of amides is 2. The molecule has 3 aromatic carbocycles. The fraction of sp³-hybridized carbons (Fsp3) is 0.267. The molecule has 2 atom stereocenters. The minimum absolute atomic E-state index is 0.0565. The average Bonchev–Trinajstić information content (AvgIpc) is 3.48. The maximum absolute atomic E-state index is 13.7. The summed E-state index contributed by atoms with van der Waals surface area (Å²) in [6, 6.07) is 15.1. The molecule has 1 aliphatic heterocycles.